The number of carbonyl (C=O) groups excluding carboxylic acids is 3. The van der Waals surface area contributed by atoms with Crippen molar-refractivity contribution in [2.45, 2.75) is 20.3 Å². The summed E-state index contributed by atoms with van der Waals surface area (Å²) in [5.74, 6) is 0.236. The third-order valence-electron chi connectivity index (χ3n) is 4.60. The SMILES string of the molecule is CCNC(=O)CN1C(=O)COc2ccc(C(=O)COc3ccc(CC)cc3)cc21. The number of fused-ring (bicyclic) bond motifs is 1. The van der Waals surface area contributed by atoms with Gasteiger partial charge in [0.25, 0.3) is 5.91 Å². The first kappa shape index (κ1) is 20.4. The molecule has 0 radical (unpaired) electrons. The van der Waals surface area contributed by atoms with Crippen molar-refractivity contribution in [2.75, 3.05) is 31.2 Å². The Balaban J connectivity index is 1.73. The van der Waals surface area contributed by atoms with Gasteiger partial charge in [-0.2, -0.15) is 0 Å². The van der Waals surface area contributed by atoms with Crippen LogP contribution in [-0.2, 0) is 16.0 Å². The van der Waals surface area contributed by atoms with Gasteiger partial charge in [-0.25, -0.2) is 0 Å². The largest absolute Gasteiger partial charge is 0.485 e. The fourth-order valence-electron chi connectivity index (χ4n) is 3.00. The molecule has 0 unspecified atom stereocenters. The molecule has 0 saturated heterocycles. The summed E-state index contributed by atoms with van der Waals surface area (Å²) in [7, 11) is 0. The first-order valence-corrected chi connectivity index (χ1v) is 9.60. The van der Waals surface area contributed by atoms with Crippen LogP contribution in [-0.4, -0.2) is 43.9 Å². The van der Waals surface area contributed by atoms with Crippen molar-refractivity contribution in [3.63, 3.8) is 0 Å². The minimum Gasteiger partial charge on any atom is -0.485 e. The van der Waals surface area contributed by atoms with E-state index in [1.165, 1.54) is 10.5 Å². The highest BCUT2D eigenvalue weighted by Crippen LogP contribution is 2.33. The van der Waals surface area contributed by atoms with Crippen LogP contribution < -0.4 is 19.7 Å². The maximum Gasteiger partial charge on any atom is 0.265 e. The summed E-state index contributed by atoms with van der Waals surface area (Å²) in [4.78, 5) is 38.1. The highest BCUT2D eigenvalue weighted by Gasteiger charge is 2.28. The molecule has 7 heteroatoms. The maximum absolute atomic E-state index is 12.6. The monoisotopic (exact) mass is 396 g/mol. The number of amides is 2. The molecule has 29 heavy (non-hydrogen) atoms. The Morgan fingerprint density at radius 3 is 2.59 bits per heavy atom. The number of nitrogens with one attached hydrogen (secondary N) is 1. The summed E-state index contributed by atoms with van der Waals surface area (Å²) in [6.45, 7) is 3.95. The van der Waals surface area contributed by atoms with E-state index in [0.29, 0.717) is 29.3 Å². The van der Waals surface area contributed by atoms with E-state index in [-0.39, 0.29) is 37.4 Å². The van der Waals surface area contributed by atoms with Gasteiger partial charge in [0.1, 0.15) is 18.0 Å². The van der Waals surface area contributed by atoms with E-state index in [1.54, 1.807) is 25.1 Å². The molecule has 3 rings (SSSR count). The summed E-state index contributed by atoms with van der Waals surface area (Å²) >= 11 is 0. The lowest BCUT2D eigenvalue weighted by molar-refractivity contribution is -0.125. The molecule has 0 bridgehead atoms. The Bertz CT molecular complexity index is 908. The summed E-state index contributed by atoms with van der Waals surface area (Å²) < 4.78 is 11.0. The van der Waals surface area contributed by atoms with E-state index in [0.717, 1.165) is 6.42 Å². The number of anilines is 1. The number of ketones is 1. The van der Waals surface area contributed by atoms with Crippen LogP contribution in [0.2, 0.25) is 0 Å². The lowest BCUT2D eigenvalue weighted by Crippen LogP contribution is -2.45. The molecule has 1 aliphatic heterocycles. The Kier molecular flexibility index (Phi) is 6.49. The summed E-state index contributed by atoms with van der Waals surface area (Å²) in [5.41, 5.74) is 1.98. The van der Waals surface area contributed by atoms with Crippen molar-refractivity contribution in [1.29, 1.82) is 0 Å². The van der Waals surface area contributed by atoms with E-state index in [9.17, 15) is 14.4 Å². The van der Waals surface area contributed by atoms with Gasteiger partial charge in [0.05, 0.1) is 5.69 Å². The van der Waals surface area contributed by atoms with Crippen molar-refractivity contribution in [1.82, 2.24) is 5.32 Å². The number of carbonyl (C=O) groups is 3. The zero-order valence-corrected chi connectivity index (χ0v) is 16.6. The average Bonchev–Trinajstić information content (AvgIpc) is 2.74. The molecular weight excluding hydrogens is 372 g/mol. The highest BCUT2D eigenvalue weighted by molar-refractivity contribution is 6.04. The van der Waals surface area contributed by atoms with Crippen molar-refractivity contribution < 1.29 is 23.9 Å². The number of hydrogen-bond acceptors (Lipinski definition) is 5. The Morgan fingerprint density at radius 1 is 1.14 bits per heavy atom. The number of rotatable bonds is 8. The molecule has 1 N–H and O–H groups in total. The van der Waals surface area contributed by atoms with Crippen LogP contribution in [0.5, 0.6) is 11.5 Å². The molecule has 2 aromatic carbocycles. The number of ether oxygens (including phenoxy) is 2. The molecular formula is C22H24N2O5. The van der Waals surface area contributed by atoms with Gasteiger partial charge in [0.2, 0.25) is 5.91 Å². The molecule has 7 nitrogen and oxygen atoms in total. The van der Waals surface area contributed by atoms with Crippen LogP contribution >= 0.6 is 0 Å². The first-order chi connectivity index (χ1) is 14.0. The third kappa shape index (κ3) is 4.93. The molecule has 1 aliphatic rings. The topological polar surface area (TPSA) is 84.9 Å². The molecule has 2 amide bonds. The Hall–Kier alpha value is -3.35. The van der Waals surface area contributed by atoms with Gasteiger partial charge >= 0.3 is 0 Å². The average molecular weight is 396 g/mol. The number of hydrogen-bond donors (Lipinski definition) is 1. The van der Waals surface area contributed by atoms with E-state index < -0.39 is 0 Å². The number of aryl methyl sites for hydroxylation is 1. The van der Waals surface area contributed by atoms with Gasteiger partial charge in [-0.3, -0.25) is 19.3 Å². The number of benzene rings is 2. The maximum atomic E-state index is 12.6. The van der Waals surface area contributed by atoms with E-state index in [1.807, 2.05) is 24.3 Å². The molecule has 0 saturated carbocycles. The standard InChI is InChI=1S/C22H24N2O5/c1-3-15-5-8-17(9-6-15)28-13-19(25)16-7-10-20-18(11-16)24(22(27)14-29-20)12-21(26)23-4-2/h5-11H,3-4,12-14H2,1-2H3,(H,23,26). The van der Waals surface area contributed by atoms with E-state index in [4.69, 9.17) is 9.47 Å². The van der Waals surface area contributed by atoms with Crippen LogP contribution in [0.4, 0.5) is 5.69 Å². The second kappa shape index (κ2) is 9.23. The van der Waals surface area contributed by atoms with Gasteiger partial charge in [0, 0.05) is 12.1 Å². The Labute approximate surface area is 169 Å². The summed E-state index contributed by atoms with van der Waals surface area (Å²) in [6.07, 6.45) is 0.932. The zero-order valence-electron chi connectivity index (χ0n) is 16.6. The van der Waals surface area contributed by atoms with Gasteiger partial charge in [0.15, 0.2) is 19.0 Å². The molecule has 0 aromatic heterocycles. The van der Waals surface area contributed by atoms with Gasteiger partial charge < -0.3 is 14.8 Å². The minimum atomic E-state index is -0.333. The number of Topliss-reactive ketones (excluding diaryl/α,β-unsaturated/α-hetero) is 1. The second-order valence-electron chi connectivity index (χ2n) is 6.61. The van der Waals surface area contributed by atoms with Crippen LogP contribution in [0.25, 0.3) is 0 Å². The molecule has 0 aliphatic carbocycles. The van der Waals surface area contributed by atoms with Gasteiger partial charge in [-0.05, 0) is 49.2 Å². The first-order valence-electron chi connectivity index (χ1n) is 9.60. The number of nitrogens with zero attached hydrogens (tertiary/aromatic N) is 1. The van der Waals surface area contributed by atoms with Crippen molar-refractivity contribution in [3.8, 4) is 11.5 Å². The molecule has 0 spiro atoms. The zero-order chi connectivity index (χ0) is 20.8. The fourth-order valence-corrected chi connectivity index (χ4v) is 3.00. The highest BCUT2D eigenvalue weighted by atomic mass is 16.5. The third-order valence-corrected chi connectivity index (χ3v) is 4.60. The molecule has 0 fully saturated rings. The van der Waals surface area contributed by atoms with Gasteiger partial charge in [-0.15, -0.1) is 0 Å². The van der Waals surface area contributed by atoms with Crippen LogP contribution in [0.15, 0.2) is 42.5 Å². The predicted molar refractivity (Wildman–Crippen MR) is 109 cm³/mol. The molecule has 1 heterocycles. The quantitative estimate of drug-likeness (QED) is 0.693. The van der Waals surface area contributed by atoms with E-state index >= 15 is 0 Å². The molecule has 0 atom stereocenters. The normalized spacial score (nSPS) is 12.8. The van der Waals surface area contributed by atoms with Crippen LogP contribution in [0.3, 0.4) is 0 Å². The summed E-state index contributed by atoms with van der Waals surface area (Å²) in [6, 6.07) is 12.4. The van der Waals surface area contributed by atoms with Crippen molar-refractivity contribution in [2.24, 2.45) is 0 Å². The minimum absolute atomic E-state index is 0.124. The second-order valence-corrected chi connectivity index (χ2v) is 6.61. The lowest BCUT2D eigenvalue weighted by Gasteiger charge is -2.29. The van der Waals surface area contributed by atoms with Gasteiger partial charge in [-0.1, -0.05) is 19.1 Å². The van der Waals surface area contributed by atoms with Crippen LogP contribution in [0.1, 0.15) is 29.8 Å². The van der Waals surface area contributed by atoms with Crippen molar-refractivity contribution >= 4 is 23.3 Å². The lowest BCUT2D eigenvalue weighted by atomic mass is 10.1. The Morgan fingerprint density at radius 2 is 1.90 bits per heavy atom. The van der Waals surface area contributed by atoms with Crippen molar-refractivity contribution in [3.05, 3.63) is 53.6 Å². The number of likely N-dealkylation sites (N-methyl/N-ethyl adjacent to an activating group) is 1. The summed E-state index contributed by atoms with van der Waals surface area (Å²) in [5, 5.41) is 2.67. The van der Waals surface area contributed by atoms with E-state index in [2.05, 4.69) is 12.2 Å². The fraction of sp³-hybridized carbons (Fsp3) is 0.318. The van der Waals surface area contributed by atoms with Crippen LogP contribution in [0, 0.1) is 0 Å². The molecule has 2 aromatic rings. The molecule has 152 valence electrons. The predicted octanol–water partition coefficient (Wildman–Crippen LogP) is 2.37. The smallest absolute Gasteiger partial charge is 0.265 e.